The Morgan fingerprint density at radius 3 is 2.96 bits per heavy atom. The van der Waals surface area contributed by atoms with Crippen LogP contribution >= 0.6 is 0 Å². The number of nitrogens with zero attached hydrogens (tertiary/aromatic N) is 3. The molecule has 0 radical (unpaired) electrons. The normalized spacial score (nSPS) is 15.0. The molecule has 1 aromatic carbocycles. The molecule has 6 heteroatoms. The summed E-state index contributed by atoms with van der Waals surface area (Å²) in [6.45, 7) is 5.42. The summed E-state index contributed by atoms with van der Waals surface area (Å²) in [4.78, 5) is 18.6. The number of hydrogen-bond donors (Lipinski definition) is 1. The van der Waals surface area contributed by atoms with E-state index in [-0.39, 0.29) is 11.5 Å². The third kappa shape index (κ3) is 3.13. The number of fused-ring (bicyclic) bond motifs is 1. The fourth-order valence-corrected chi connectivity index (χ4v) is 3.21. The van der Waals surface area contributed by atoms with E-state index in [0.29, 0.717) is 18.2 Å². The number of benzene rings is 1. The number of rotatable bonds is 3. The molecule has 3 heterocycles. The van der Waals surface area contributed by atoms with Crippen molar-refractivity contribution in [3.8, 4) is 5.82 Å². The summed E-state index contributed by atoms with van der Waals surface area (Å²) < 4.78 is 7.16. The number of aryl methyl sites for hydroxylation is 1. The Morgan fingerprint density at radius 1 is 1.24 bits per heavy atom. The standard InChI is InChI=1S/C19H20N4O2/c1-12(14-3-4-16-11-25-6-5-15(16)7-14)17-9-20-23(10-17)18-8-19(24)22-13(2)21-18/h3-4,7-10,12H,5-6,11H2,1-2H3,(H,21,22,24). The molecule has 0 aliphatic carbocycles. The average Bonchev–Trinajstić information content (AvgIpc) is 3.10. The second-order valence-corrected chi connectivity index (χ2v) is 6.46. The van der Waals surface area contributed by atoms with E-state index in [1.165, 1.54) is 22.8 Å². The molecule has 0 amide bonds. The molecule has 0 saturated heterocycles. The van der Waals surface area contributed by atoms with Gasteiger partial charge in [0.05, 0.1) is 19.4 Å². The summed E-state index contributed by atoms with van der Waals surface area (Å²) in [5.74, 6) is 1.32. The van der Waals surface area contributed by atoms with E-state index in [2.05, 4.69) is 40.2 Å². The number of aromatic nitrogens is 4. The minimum absolute atomic E-state index is 0.176. The van der Waals surface area contributed by atoms with E-state index in [0.717, 1.165) is 18.6 Å². The van der Waals surface area contributed by atoms with Crippen LogP contribution in [-0.4, -0.2) is 26.4 Å². The quantitative estimate of drug-likeness (QED) is 0.797. The molecule has 1 aliphatic heterocycles. The van der Waals surface area contributed by atoms with Gasteiger partial charge in [-0.15, -0.1) is 0 Å². The van der Waals surface area contributed by atoms with E-state index in [1.54, 1.807) is 11.6 Å². The lowest BCUT2D eigenvalue weighted by Gasteiger charge is -2.19. The van der Waals surface area contributed by atoms with E-state index >= 15 is 0 Å². The molecule has 1 N–H and O–H groups in total. The van der Waals surface area contributed by atoms with Crippen molar-refractivity contribution in [2.24, 2.45) is 0 Å². The smallest absolute Gasteiger partial charge is 0.253 e. The van der Waals surface area contributed by atoms with Gasteiger partial charge in [0.15, 0.2) is 5.82 Å². The van der Waals surface area contributed by atoms with Crippen LogP contribution < -0.4 is 5.56 Å². The zero-order valence-electron chi connectivity index (χ0n) is 14.3. The molecule has 1 atom stereocenters. The highest BCUT2D eigenvalue weighted by molar-refractivity contribution is 5.38. The van der Waals surface area contributed by atoms with Crippen molar-refractivity contribution >= 4 is 0 Å². The Labute approximate surface area is 145 Å². The van der Waals surface area contributed by atoms with E-state index in [4.69, 9.17) is 4.74 Å². The van der Waals surface area contributed by atoms with E-state index in [1.807, 2.05) is 12.4 Å². The third-order valence-corrected chi connectivity index (χ3v) is 4.69. The van der Waals surface area contributed by atoms with Gasteiger partial charge in [0.1, 0.15) is 5.82 Å². The lowest BCUT2D eigenvalue weighted by molar-refractivity contribution is 0.110. The van der Waals surface area contributed by atoms with Gasteiger partial charge >= 0.3 is 0 Å². The van der Waals surface area contributed by atoms with Gasteiger partial charge < -0.3 is 9.72 Å². The van der Waals surface area contributed by atoms with Crippen LogP contribution in [0.3, 0.4) is 0 Å². The minimum Gasteiger partial charge on any atom is -0.376 e. The fraction of sp³-hybridized carbons (Fsp3) is 0.316. The van der Waals surface area contributed by atoms with Gasteiger partial charge in [0, 0.05) is 18.2 Å². The molecule has 4 rings (SSSR count). The highest BCUT2D eigenvalue weighted by Gasteiger charge is 2.16. The number of nitrogens with one attached hydrogen (secondary N) is 1. The maximum absolute atomic E-state index is 11.6. The molecule has 2 aromatic heterocycles. The number of aromatic amines is 1. The number of ether oxygens (including phenoxy) is 1. The minimum atomic E-state index is -0.176. The third-order valence-electron chi connectivity index (χ3n) is 4.69. The molecule has 1 unspecified atom stereocenters. The van der Waals surface area contributed by atoms with Crippen molar-refractivity contribution in [1.29, 1.82) is 0 Å². The Bertz CT molecular complexity index is 974. The fourth-order valence-electron chi connectivity index (χ4n) is 3.21. The molecular formula is C19H20N4O2. The van der Waals surface area contributed by atoms with Crippen LogP contribution in [0.25, 0.3) is 5.82 Å². The summed E-state index contributed by atoms with van der Waals surface area (Å²) in [6.07, 6.45) is 4.74. The SMILES string of the molecule is Cc1nc(-n2cc(C(C)c3ccc4c(c3)CCOC4)cn2)cc(=O)[nH]1. The molecule has 25 heavy (non-hydrogen) atoms. The van der Waals surface area contributed by atoms with Gasteiger partial charge in [-0.3, -0.25) is 4.79 Å². The van der Waals surface area contributed by atoms with Crippen LogP contribution in [0.5, 0.6) is 0 Å². The van der Waals surface area contributed by atoms with Gasteiger partial charge in [-0.05, 0) is 35.6 Å². The Kier molecular flexibility index (Phi) is 3.97. The topological polar surface area (TPSA) is 72.8 Å². The Balaban J connectivity index is 1.64. The summed E-state index contributed by atoms with van der Waals surface area (Å²) >= 11 is 0. The van der Waals surface area contributed by atoms with Crippen LogP contribution in [0.1, 0.15) is 40.9 Å². The van der Waals surface area contributed by atoms with Crippen molar-refractivity contribution in [2.75, 3.05) is 6.61 Å². The van der Waals surface area contributed by atoms with Crippen LogP contribution in [0.15, 0.2) is 41.5 Å². The number of H-pyrrole nitrogens is 1. The van der Waals surface area contributed by atoms with Gasteiger partial charge in [-0.2, -0.15) is 5.10 Å². The first-order valence-electron chi connectivity index (χ1n) is 8.42. The molecule has 6 nitrogen and oxygen atoms in total. The van der Waals surface area contributed by atoms with Gasteiger partial charge in [-0.1, -0.05) is 25.1 Å². The van der Waals surface area contributed by atoms with Gasteiger partial charge in [0.25, 0.3) is 5.56 Å². The van der Waals surface area contributed by atoms with Crippen LogP contribution in [-0.2, 0) is 17.8 Å². The highest BCUT2D eigenvalue weighted by Crippen LogP contribution is 2.27. The molecule has 3 aromatic rings. The average molecular weight is 336 g/mol. The van der Waals surface area contributed by atoms with Crippen LogP contribution in [0, 0.1) is 6.92 Å². The first-order chi connectivity index (χ1) is 12.1. The van der Waals surface area contributed by atoms with Crippen molar-refractivity contribution in [3.05, 3.63) is 75.1 Å². The van der Waals surface area contributed by atoms with Crippen molar-refractivity contribution in [2.45, 2.75) is 32.8 Å². The van der Waals surface area contributed by atoms with Crippen molar-refractivity contribution in [1.82, 2.24) is 19.7 Å². The first kappa shape index (κ1) is 15.8. The maximum atomic E-state index is 11.6. The van der Waals surface area contributed by atoms with E-state index in [9.17, 15) is 4.79 Å². The summed E-state index contributed by atoms with van der Waals surface area (Å²) in [5.41, 5.74) is 4.82. The summed E-state index contributed by atoms with van der Waals surface area (Å²) in [6, 6.07) is 8.04. The van der Waals surface area contributed by atoms with Crippen molar-refractivity contribution < 1.29 is 4.74 Å². The lowest BCUT2D eigenvalue weighted by Crippen LogP contribution is -2.12. The molecule has 128 valence electrons. The molecule has 0 bridgehead atoms. The second-order valence-electron chi connectivity index (χ2n) is 6.46. The van der Waals surface area contributed by atoms with Crippen LogP contribution in [0.2, 0.25) is 0 Å². The summed E-state index contributed by atoms with van der Waals surface area (Å²) in [7, 11) is 0. The predicted octanol–water partition coefficient (Wildman–Crippen LogP) is 2.49. The van der Waals surface area contributed by atoms with E-state index < -0.39 is 0 Å². The highest BCUT2D eigenvalue weighted by atomic mass is 16.5. The lowest BCUT2D eigenvalue weighted by atomic mass is 9.91. The molecule has 0 fully saturated rings. The number of hydrogen-bond acceptors (Lipinski definition) is 4. The Hall–Kier alpha value is -2.73. The predicted molar refractivity (Wildman–Crippen MR) is 94.0 cm³/mol. The van der Waals surface area contributed by atoms with Crippen LogP contribution in [0.4, 0.5) is 0 Å². The molecule has 0 saturated carbocycles. The summed E-state index contributed by atoms with van der Waals surface area (Å²) in [5, 5.41) is 4.38. The molecule has 0 spiro atoms. The maximum Gasteiger partial charge on any atom is 0.253 e. The van der Waals surface area contributed by atoms with Gasteiger partial charge in [0.2, 0.25) is 0 Å². The zero-order chi connectivity index (χ0) is 17.4. The van der Waals surface area contributed by atoms with Gasteiger partial charge in [-0.25, -0.2) is 9.67 Å². The first-order valence-corrected chi connectivity index (χ1v) is 8.42. The van der Waals surface area contributed by atoms with Crippen molar-refractivity contribution in [3.63, 3.8) is 0 Å². The molecular weight excluding hydrogens is 316 g/mol. The second kappa shape index (κ2) is 6.29. The largest absolute Gasteiger partial charge is 0.376 e. The Morgan fingerprint density at radius 2 is 2.12 bits per heavy atom. The zero-order valence-corrected chi connectivity index (χ0v) is 14.3. The monoisotopic (exact) mass is 336 g/mol. The molecule has 1 aliphatic rings.